The number of aliphatic imine (C=N–C) groups is 2. The highest BCUT2D eigenvalue weighted by Gasteiger charge is 2.60. The molecule has 36 heavy (non-hydrogen) atoms. The minimum atomic E-state index is -0.560. The molecule has 0 bridgehead atoms. The number of carbonyl (C=O) groups excluding carboxylic acids is 1. The summed E-state index contributed by atoms with van der Waals surface area (Å²) in [7, 11) is 1.50. The molecule has 1 aromatic heterocycles. The Morgan fingerprint density at radius 3 is 2.72 bits per heavy atom. The van der Waals surface area contributed by atoms with Gasteiger partial charge in [-0.2, -0.15) is 0 Å². The zero-order valence-electron chi connectivity index (χ0n) is 22.3. The number of pyridine rings is 1. The molecule has 1 fully saturated rings. The summed E-state index contributed by atoms with van der Waals surface area (Å²) in [5, 5.41) is 3.34. The number of anilines is 1. The van der Waals surface area contributed by atoms with Crippen LogP contribution in [0.4, 0.5) is 10.2 Å². The fourth-order valence-electron chi connectivity index (χ4n) is 3.87. The van der Waals surface area contributed by atoms with E-state index >= 15 is 0 Å². The molecule has 0 aromatic carbocycles. The number of ether oxygens (including phenoxy) is 2. The number of aromatic nitrogens is 1. The van der Waals surface area contributed by atoms with E-state index < -0.39 is 18.2 Å². The third-order valence-electron chi connectivity index (χ3n) is 5.90. The summed E-state index contributed by atoms with van der Waals surface area (Å²) in [6.07, 6.45) is 6.20. The lowest BCUT2D eigenvalue weighted by Gasteiger charge is -2.23. The van der Waals surface area contributed by atoms with Gasteiger partial charge in [0.1, 0.15) is 24.1 Å². The van der Waals surface area contributed by atoms with Crippen LogP contribution < -0.4 is 5.32 Å². The minimum absolute atomic E-state index is 0.156. The van der Waals surface area contributed by atoms with Crippen molar-refractivity contribution in [1.82, 2.24) is 4.98 Å². The van der Waals surface area contributed by atoms with E-state index in [1.165, 1.54) is 19.5 Å². The first-order valence-corrected chi connectivity index (χ1v) is 12.7. The molecule has 0 aliphatic heterocycles. The van der Waals surface area contributed by atoms with Crippen molar-refractivity contribution in [3.8, 4) is 0 Å². The van der Waals surface area contributed by atoms with Gasteiger partial charge in [-0.3, -0.25) is 9.79 Å². The van der Waals surface area contributed by atoms with Crippen molar-refractivity contribution in [2.45, 2.75) is 60.0 Å². The van der Waals surface area contributed by atoms with Crippen LogP contribution in [-0.4, -0.2) is 56.0 Å². The third kappa shape index (κ3) is 9.47. The van der Waals surface area contributed by atoms with Crippen LogP contribution in [0.5, 0.6) is 0 Å². The maximum atomic E-state index is 13.2. The summed E-state index contributed by atoms with van der Waals surface area (Å²) >= 11 is 5.88. The molecule has 0 radical (unpaired) electrons. The first-order chi connectivity index (χ1) is 17.3. The van der Waals surface area contributed by atoms with Crippen LogP contribution in [-0.2, 0) is 14.3 Å². The van der Waals surface area contributed by atoms with Gasteiger partial charge >= 0.3 is 0 Å². The van der Waals surface area contributed by atoms with E-state index in [4.69, 9.17) is 21.1 Å². The predicted molar refractivity (Wildman–Crippen MR) is 147 cm³/mol. The smallest absolute Gasteiger partial charge is 0.229 e. The molecular weight excluding hydrogens is 483 g/mol. The van der Waals surface area contributed by atoms with E-state index in [1.54, 1.807) is 19.1 Å². The van der Waals surface area contributed by atoms with E-state index in [-0.39, 0.29) is 18.4 Å². The number of halogens is 2. The Kier molecular flexibility index (Phi) is 14.2. The number of rotatable bonds is 13. The molecule has 9 heteroatoms. The highest BCUT2D eigenvalue weighted by Crippen LogP contribution is 2.59. The molecular formula is C27H40ClFN4O3. The van der Waals surface area contributed by atoms with E-state index in [2.05, 4.69) is 26.9 Å². The number of nitrogens with one attached hydrogen (secondary N) is 1. The molecule has 1 aliphatic carbocycles. The van der Waals surface area contributed by atoms with E-state index in [9.17, 15) is 9.18 Å². The van der Waals surface area contributed by atoms with Gasteiger partial charge in [0, 0.05) is 25.3 Å². The first-order valence-electron chi connectivity index (χ1n) is 12.3. The van der Waals surface area contributed by atoms with Gasteiger partial charge in [0.2, 0.25) is 5.91 Å². The minimum Gasteiger partial charge on any atom is -0.492 e. The van der Waals surface area contributed by atoms with Crippen molar-refractivity contribution < 1.29 is 18.7 Å². The van der Waals surface area contributed by atoms with Gasteiger partial charge in [0.05, 0.1) is 29.9 Å². The van der Waals surface area contributed by atoms with E-state index in [0.29, 0.717) is 48.2 Å². The SMILES string of the molecule is C=C(C=NC(C)=NCC)OC[C@@]1(/C(=C/C)CCC(CF)OC)CC1C(=O)Nc1ccc(Cl)cn1.CC. The van der Waals surface area contributed by atoms with Gasteiger partial charge in [0.25, 0.3) is 0 Å². The standard InChI is InChI=1S/C25H34ClFN4O3.C2H6/c1-6-19(8-10-21(13-27)33-5)25(16-34-17(3)14-29-18(4)28-7-2)12-22(25)24(32)31-23-11-9-20(26)15-30-23;1-2/h6,9,11,14-15,21-22H,3,7-8,10,12-13,16H2,1-2,4-5H3,(H,30,31,32);1-2H3/b19-6+,28-18?,29-14?;/t21?,22?,25-;/m1./s1. The molecule has 1 aliphatic rings. The zero-order chi connectivity index (χ0) is 27.1. The van der Waals surface area contributed by atoms with Crippen LogP contribution in [0.1, 0.15) is 53.9 Å². The molecule has 0 spiro atoms. The second kappa shape index (κ2) is 16.2. The quantitative estimate of drug-likeness (QED) is 0.139. The fourth-order valence-corrected chi connectivity index (χ4v) is 3.98. The average Bonchev–Trinajstić information content (AvgIpc) is 3.62. The molecule has 2 rings (SSSR count). The lowest BCUT2D eigenvalue weighted by atomic mass is 9.88. The molecule has 2 unspecified atom stereocenters. The summed E-state index contributed by atoms with van der Waals surface area (Å²) in [6, 6.07) is 3.32. The van der Waals surface area contributed by atoms with E-state index in [1.807, 2.05) is 33.8 Å². The Morgan fingerprint density at radius 1 is 1.44 bits per heavy atom. The summed E-state index contributed by atoms with van der Waals surface area (Å²) in [6.45, 7) is 13.9. The predicted octanol–water partition coefficient (Wildman–Crippen LogP) is 6.46. The third-order valence-corrected chi connectivity index (χ3v) is 6.12. The maximum Gasteiger partial charge on any atom is 0.229 e. The van der Waals surface area contributed by atoms with Gasteiger partial charge in [-0.25, -0.2) is 14.4 Å². The molecule has 1 heterocycles. The summed E-state index contributed by atoms with van der Waals surface area (Å²) in [5.41, 5.74) is 0.504. The van der Waals surface area contributed by atoms with Crippen molar-refractivity contribution in [3.05, 3.63) is 47.3 Å². The topological polar surface area (TPSA) is 85.2 Å². The van der Waals surface area contributed by atoms with Gasteiger partial charge < -0.3 is 14.8 Å². The van der Waals surface area contributed by atoms with Gasteiger partial charge in [-0.05, 0) is 52.2 Å². The Labute approximate surface area is 219 Å². The number of allylic oxidation sites excluding steroid dienone is 2. The van der Waals surface area contributed by atoms with Crippen LogP contribution in [0.15, 0.2) is 52.3 Å². The Hall–Kier alpha value is -2.58. The molecule has 1 saturated carbocycles. The monoisotopic (exact) mass is 522 g/mol. The summed E-state index contributed by atoms with van der Waals surface area (Å²) in [4.78, 5) is 25.6. The molecule has 1 aromatic rings. The first kappa shape index (κ1) is 31.4. The number of hydrogen-bond acceptors (Lipinski definition) is 5. The number of amidine groups is 1. The summed E-state index contributed by atoms with van der Waals surface area (Å²) in [5.74, 6) is 0.959. The molecule has 1 N–H and O–H groups in total. The van der Waals surface area contributed by atoms with Crippen LogP contribution in [0.2, 0.25) is 5.02 Å². The van der Waals surface area contributed by atoms with Crippen molar-refractivity contribution in [2.75, 3.05) is 32.3 Å². The maximum absolute atomic E-state index is 13.2. The number of methoxy groups -OCH3 is 1. The normalized spacial score (nSPS) is 20.4. The number of amides is 1. The second-order valence-corrected chi connectivity index (χ2v) is 8.60. The number of nitrogens with zero attached hydrogens (tertiary/aromatic N) is 3. The Morgan fingerprint density at radius 2 is 2.17 bits per heavy atom. The van der Waals surface area contributed by atoms with Crippen LogP contribution in [0.25, 0.3) is 0 Å². The number of alkyl halides is 1. The molecule has 200 valence electrons. The van der Waals surface area contributed by atoms with Crippen molar-refractivity contribution >= 4 is 35.4 Å². The van der Waals surface area contributed by atoms with Crippen molar-refractivity contribution in [3.63, 3.8) is 0 Å². The second-order valence-electron chi connectivity index (χ2n) is 8.16. The van der Waals surface area contributed by atoms with Gasteiger partial charge in [-0.15, -0.1) is 0 Å². The highest BCUT2D eigenvalue weighted by atomic mass is 35.5. The molecule has 3 atom stereocenters. The Balaban J connectivity index is 0.00000316. The zero-order valence-corrected chi connectivity index (χ0v) is 23.1. The number of hydrogen-bond donors (Lipinski definition) is 1. The molecule has 1 amide bonds. The highest BCUT2D eigenvalue weighted by molar-refractivity contribution is 6.30. The summed E-state index contributed by atoms with van der Waals surface area (Å²) < 4.78 is 24.3. The lowest BCUT2D eigenvalue weighted by Crippen LogP contribution is -2.25. The van der Waals surface area contributed by atoms with Gasteiger partial charge in [-0.1, -0.05) is 43.7 Å². The van der Waals surface area contributed by atoms with Crippen molar-refractivity contribution in [2.24, 2.45) is 21.3 Å². The molecule has 0 saturated heterocycles. The van der Waals surface area contributed by atoms with Crippen LogP contribution in [0, 0.1) is 11.3 Å². The van der Waals surface area contributed by atoms with E-state index in [0.717, 1.165) is 5.57 Å². The number of carbonyl (C=O) groups is 1. The fraction of sp³-hybridized carbons (Fsp3) is 0.556. The van der Waals surface area contributed by atoms with Crippen LogP contribution >= 0.6 is 11.6 Å². The van der Waals surface area contributed by atoms with Gasteiger partial charge in [0.15, 0.2) is 0 Å². The van der Waals surface area contributed by atoms with Crippen LogP contribution in [0.3, 0.4) is 0 Å². The largest absolute Gasteiger partial charge is 0.492 e. The molecule has 7 nitrogen and oxygen atoms in total. The Bertz CT molecular complexity index is 929. The average molecular weight is 523 g/mol. The lowest BCUT2D eigenvalue weighted by molar-refractivity contribution is -0.118. The van der Waals surface area contributed by atoms with Crippen molar-refractivity contribution in [1.29, 1.82) is 0 Å².